The number of aromatic nitrogens is 1. The summed E-state index contributed by atoms with van der Waals surface area (Å²) in [6.45, 7) is 6.75. The Labute approximate surface area is 205 Å². The molecule has 2 aliphatic rings. The lowest BCUT2D eigenvalue weighted by Crippen LogP contribution is -2.42. The zero-order valence-electron chi connectivity index (χ0n) is 20.6. The molecule has 0 aliphatic carbocycles. The van der Waals surface area contributed by atoms with Crippen molar-refractivity contribution in [2.24, 2.45) is 5.92 Å². The van der Waals surface area contributed by atoms with Crippen molar-refractivity contribution in [1.29, 1.82) is 0 Å². The second-order valence-electron chi connectivity index (χ2n) is 10.4. The molecule has 35 heavy (non-hydrogen) atoms. The van der Waals surface area contributed by atoms with Crippen LogP contribution in [0.3, 0.4) is 0 Å². The third-order valence-corrected chi connectivity index (χ3v) is 6.73. The summed E-state index contributed by atoms with van der Waals surface area (Å²) >= 11 is 0. The fourth-order valence-corrected chi connectivity index (χ4v) is 4.86. The van der Waals surface area contributed by atoms with E-state index in [-0.39, 0.29) is 12.1 Å². The van der Waals surface area contributed by atoms with Crippen LogP contribution in [0, 0.1) is 11.7 Å². The molecule has 1 aromatic carbocycles. The Morgan fingerprint density at radius 1 is 1.14 bits per heavy atom. The third-order valence-electron chi connectivity index (χ3n) is 6.73. The third kappa shape index (κ3) is 6.98. The molecule has 190 valence electrons. The SMILES string of the molecule is CC(C)(F)CN1CCC(COc2ccc(-c3ccc(C(=O)N4CCCC(O)C4)c(F)c3)cn2)CC1. The number of aliphatic hydroxyl groups excluding tert-OH is 1. The lowest BCUT2D eigenvalue weighted by Gasteiger charge is -2.34. The van der Waals surface area contributed by atoms with E-state index in [9.17, 15) is 18.7 Å². The normalized spacial score (nSPS) is 20.1. The molecule has 0 bridgehead atoms. The van der Waals surface area contributed by atoms with Gasteiger partial charge in [0.05, 0.1) is 18.3 Å². The van der Waals surface area contributed by atoms with Crippen LogP contribution in [0.2, 0.25) is 0 Å². The van der Waals surface area contributed by atoms with Gasteiger partial charge in [0.2, 0.25) is 5.88 Å². The molecular formula is C27H35F2N3O3. The van der Waals surface area contributed by atoms with Gasteiger partial charge in [-0.25, -0.2) is 13.8 Å². The summed E-state index contributed by atoms with van der Waals surface area (Å²) in [6.07, 6.45) is 4.39. The standard InChI is InChI=1S/C27H35F2N3O3/c1-27(2,29)18-31-12-9-19(10-13-31)17-35-25-8-6-21(15-30-25)20-5-7-23(24(28)14-20)26(34)32-11-3-4-22(33)16-32/h5-8,14-15,19,22,33H,3-4,9-13,16-18H2,1-2H3. The number of carbonyl (C=O) groups is 1. The number of rotatable bonds is 7. The molecule has 1 N–H and O–H groups in total. The van der Waals surface area contributed by atoms with E-state index in [0.717, 1.165) is 31.5 Å². The Morgan fingerprint density at radius 3 is 2.51 bits per heavy atom. The van der Waals surface area contributed by atoms with Crippen LogP contribution in [-0.4, -0.2) is 76.9 Å². The monoisotopic (exact) mass is 487 g/mol. The first-order chi connectivity index (χ1) is 16.7. The number of amides is 1. The molecular weight excluding hydrogens is 452 g/mol. The highest BCUT2D eigenvalue weighted by atomic mass is 19.1. The van der Waals surface area contributed by atoms with Crippen molar-refractivity contribution in [2.75, 3.05) is 39.3 Å². The molecule has 2 fully saturated rings. The predicted molar refractivity (Wildman–Crippen MR) is 131 cm³/mol. The van der Waals surface area contributed by atoms with Gasteiger partial charge in [0, 0.05) is 37.5 Å². The maximum absolute atomic E-state index is 14.8. The van der Waals surface area contributed by atoms with Crippen molar-refractivity contribution in [3.05, 3.63) is 47.9 Å². The first-order valence-corrected chi connectivity index (χ1v) is 12.5. The van der Waals surface area contributed by atoms with E-state index in [1.807, 2.05) is 6.07 Å². The van der Waals surface area contributed by atoms with Gasteiger partial charge in [-0.3, -0.25) is 4.79 Å². The number of carbonyl (C=O) groups excluding carboxylic acids is 1. The van der Waals surface area contributed by atoms with E-state index < -0.39 is 23.5 Å². The molecule has 2 aromatic rings. The smallest absolute Gasteiger partial charge is 0.256 e. The van der Waals surface area contributed by atoms with Crippen molar-refractivity contribution in [3.8, 4) is 17.0 Å². The van der Waals surface area contributed by atoms with E-state index in [1.165, 1.54) is 17.0 Å². The number of halogens is 2. The molecule has 1 amide bonds. The maximum Gasteiger partial charge on any atom is 0.256 e. The summed E-state index contributed by atoms with van der Waals surface area (Å²) in [7, 11) is 0. The molecule has 1 unspecified atom stereocenters. The van der Waals surface area contributed by atoms with Crippen LogP contribution in [0.25, 0.3) is 11.1 Å². The first-order valence-electron chi connectivity index (χ1n) is 12.5. The highest BCUT2D eigenvalue weighted by molar-refractivity contribution is 5.95. The van der Waals surface area contributed by atoms with Crippen LogP contribution in [0.4, 0.5) is 8.78 Å². The lowest BCUT2D eigenvalue weighted by molar-refractivity contribution is 0.0470. The van der Waals surface area contributed by atoms with Gasteiger partial charge >= 0.3 is 0 Å². The average Bonchev–Trinajstić information content (AvgIpc) is 2.82. The number of aliphatic hydroxyl groups is 1. The molecule has 1 aromatic heterocycles. The molecule has 6 nitrogen and oxygen atoms in total. The fourth-order valence-electron chi connectivity index (χ4n) is 4.86. The number of nitrogens with zero attached hydrogens (tertiary/aromatic N) is 3. The molecule has 0 radical (unpaired) electrons. The van der Waals surface area contributed by atoms with Crippen molar-refractivity contribution >= 4 is 5.91 Å². The zero-order valence-corrected chi connectivity index (χ0v) is 20.6. The highest BCUT2D eigenvalue weighted by Crippen LogP contribution is 2.25. The minimum atomic E-state index is -1.18. The molecule has 1 atom stereocenters. The van der Waals surface area contributed by atoms with Gasteiger partial charge in [-0.1, -0.05) is 6.07 Å². The second kappa shape index (κ2) is 11.0. The Balaban J connectivity index is 1.30. The largest absolute Gasteiger partial charge is 0.477 e. The number of pyridine rings is 1. The second-order valence-corrected chi connectivity index (χ2v) is 10.4. The maximum atomic E-state index is 14.8. The molecule has 8 heteroatoms. The molecule has 2 aliphatic heterocycles. The minimum Gasteiger partial charge on any atom is -0.477 e. The number of hydrogen-bond donors (Lipinski definition) is 1. The predicted octanol–water partition coefficient (Wildman–Crippen LogP) is 4.32. The van der Waals surface area contributed by atoms with Crippen molar-refractivity contribution < 1.29 is 23.4 Å². The summed E-state index contributed by atoms with van der Waals surface area (Å²) in [5.74, 6) is -0.0584. The van der Waals surface area contributed by atoms with Gasteiger partial charge in [0.15, 0.2) is 0 Å². The van der Waals surface area contributed by atoms with Crippen LogP contribution in [0.15, 0.2) is 36.5 Å². The Kier molecular flexibility index (Phi) is 8.02. The summed E-state index contributed by atoms with van der Waals surface area (Å²) in [6, 6.07) is 8.14. The summed E-state index contributed by atoms with van der Waals surface area (Å²) in [5, 5.41) is 9.80. The van der Waals surface area contributed by atoms with Crippen molar-refractivity contribution in [1.82, 2.24) is 14.8 Å². The number of β-amino-alcohol motifs (C(OH)–C–C–N with tert-alkyl or cyclic N) is 1. The van der Waals surface area contributed by atoms with Gasteiger partial charge in [-0.2, -0.15) is 0 Å². The van der Waals surface area contributed by atoms with E-state index in [0.29, 0.717) is 49.9 Å². The summed E-state index contributed by atoms with van der Waals surface area (Å²) in [4.78, 5) is 20.7. The number of likely N-dealkylation sites (tertiary alicyclic amines) is 2. The number of ether oxygens (including phenoxy) is 1. The molecule has 2 saturated heterocycles. The van der Waals surface area contributed by atoms with E-state index >= 15 is 0 Å². The van der Waals surface area contributed by atoms with Crippen LogP contribution in [0.5, 0.6) is 5.88 Å². The van der Waals surface area contributed by atoms with Crippen molar-refractivity contribution in [3.63, 3.8) is 0 Å². The van der Waals surface area contributed by atoms with Crippen LogP contribution in [0.1, 0.15) is 49.9 Å². The first kappa shape index (κ1) is 25.5. The molecule has 0 saturated carbocycles. The van der Waals surface area contributed by atoms with Crippen LogP contribution < -0.4 is 4.74 Å². The van der Waals surface area contributed by atoms with Crippen LogP contribution >= 0.6 is 0 Å². The van der Waals surface area contributed by atoms with Gasteiger partial charge in [-0.05, 0) is 82.3 Å². The lowest BCUT2D eigenvalue weighted by atomic mass is 9.97. The van der Waals surface area contributed by atoms with E-state index in [4.69, 9.17) is 4.74 Å². The number of piperidine rings is 2. The number of hydrogen-bond acceptors (Lipinski definition) is 5. The minimum absolute atomic E-state index is 0.0110. The van der Waals surface area contributed by atoms with E-state index in [1.54, 1.807) is 32.2 Å². The number of alkyl halides is 1. The van der Waals surface area contributed by atoms with Gasteiger partial charge < -0.3 is 19.6 Å². The zero-order chi connectivity index (χ0) is 25.0. The Morgan fingerprint density at radius 2 is 1.89 bits per heavy atom. The number of benzene rings is 1. The Bertz CT molecular complexity index is 1000. The highest BCUT2D eigenvalue weighted by Gasteiger charge is 2.26. The van der Waals surface area contributed by atoms with Crippen molar-refractivity contribution in [2.45, 2.75) is 51.3 Å². The van der Waals surface area contributed by atoms with Gasteiger partial charge in [0.1, 0.15) is 11.5 Å². The summed E-state index contributed by atoms with van der Waals surface area (Å²) < 4.78 is 34.5. The van der Waals surface area contributed by atoms with Gasteiger partial charge in [0.25, 0.3) is 5.91 Å². The van der Waals surface area contributed by atoms with Gasteiger partial charge in [-0.15, -0.1) is 0 Å². The fraction of sp³-hybridized carbons (Fsp3) is 0.556. The summed E-state index contributed by atoms with van der Waals surface area (Å²) in [5.41, 5.74) is 0.188. The molecule has 4 rings (SSSR count). The molecule has 0 spiro atoms. The quantitative estimate of drug-likeness (QED) is 0.630. The topological polar surface area (TPSA) is 65.9 Å². The van der Waals surface area contributed by atoms with Crippen LogP contribution in [-0.2, 0) is 0 Å². The Hall–Kier alpha value is -2.58. The average molecular weight is 488 g/mol. The van der Waals surface area contributed by atoms with E-state index in [2.05, 4.69) is 9.88 Å². The molecule has 3 heterocycles.